The van der Waals surface area contributed by atoms with Crippen LogP contribution in [0.2, 0.25) is 0 Å². The molecule has 2 aromatic carbocycles. The summed E-state index contributed by atoms with van der Waals surface area (Å²) in [6, 6.07) is 9.61. The highest BCUT2D eigenvalue weighted by atomic mass is 19.1. The van der Waals surface area contributed by atoms with Crippen LogP contribution < -0.4 is 10.1 Å². The topological polar surface area (TPSA) is 64.4 Å². The lowest BCUT2D eigenvalue weighted by Crippen LogP contribution is -2.05. The molecule has 0 saturated carbocycles. The largest absolute Gasteiger partial charge is 0.497 e. The second-order valence-electron chi connectivity index (χ2n) is 4.54. The fraction of sp³-hybridized carbons (Fsp3) is 0.200. The van der Waals surface area contributed by atoms with Gasteiger partial charge in [-0.15, -0.1) is 0 Å². The fourth-order valence-corrected chi connectivity index (χ4v) is 2.00. The van der Waals surface area contributed by atoms with Gasteiger partial charge < -0.3 is 10.1 Å². The average molecular weight is 290 g/mol. The van der Waals surface area contributed by atoms with Crippen LogP contribution in [0.15, 0.2) is 36.4 Å². The first kappa shape index (κ1) is 14.8. The number of aryl methyl sites for hydroxylation is 1. The monoisotopic (exact) mass is 290 g/mol. The van der Waals surface area contributed by atoms with Crippen molar-refractivity contribution >= 4 is 11.4 Å². The third kappa shape index (κ3) is 3.28. The number of nitrogens with one attached hydrogen (secondary N) is 1. The molecule has 110 valence electrons. The normalized spacial score (nSPS) is 10.2. The van der Waals surface area contributed by atoms with Gasteiger partial charge in [-0.1, -0.05) is 12.1 Å². The van der Waals surface area contributed by atoms with Crippen molar-refractivity contribution in [2.75, 3.05) is 12.4 Å². The van der Waals surface area contributed by atoms with E-state index in [1.54, 1.807) is 13.2 Å². The number of ether oxygens (including phenoxy) is 1. The smallest absolute Gasteiger partial charge is 0.305 e. The predicted molar refractivity (Wildman–Crippen MR) is 78.1 cm³/mol. The summed E-state index contributed by atoms with van der Waals surface area (Å²) in [5, 5.41) is 13.8. The summed E-state index contributed by atoms with van der Waals surface area (Å²) < 4.78 is 19.1. The van der Waals surface area contributed by atoms with Crippen LogP contribution in [0, 0.1) is 22.9 Å². The van der Waals surface area contributed by atoms with Gasteiger partial charge >= 0.3 is 5.69 Å². The summed E-state index contributed by atoms with van der Waals surface area (Å²) in [5.74, 6) is -0.0688. The Hall–Kier alpha value is -2.63. The molecule has 0 bridgehead atoms. The van der Waals surface area contributed by atoms with Crippen LogP contribution in [-0.2, 0) is 6.54 Å². The number of benzene rings is 2. The second-order valence-corrected chi connectivity index (χ2v) is 4.54. The number of rotatable bonds is 5. The Labute approximate surface area is 121 Å². The van der Waals surface area contributed by atoms with Gasteiger partial charge in [-0.2, -0.15) is 4.39 Å². The second kappa shape index (κ2) is 6.21. The highest BCUT2D eigenvalue weighted by Crippen LogP contribution is 2.24. The first-order valence-corrected chi connectivity index (χ1v) is 6.33. The van der Waals surface area contributed by atoms with Crippen LogP contribution in [0.1, 0.15) is 11.1 Å². The number of nitro groups is 1. The molecule has 0 radical (unpaired) electrons. The predicted octanol–water partition coefficient (Wildman–Crippen LogP) is 3.66. The van der Waals surface area contributed by atoms with E-state index in [0.717, 1.165) is 23.1 Å². The molecule has 0 aromatic heterocycles. The minimum atomic E-state index is -0.804. The van der Waals surface area contributed by atoms with Crippen molar-refractivity contribution in [1.82, 2.24) is 0 Å². The molecule has 2 rings (SSSR count). The molecule has 21 heavy (non-hydrogen) atoms. The maximum atomic E-state index is 13.9. The van der Waals surface area contributed by atoms with Crippen molar-refractivity contribution in [2.45, 2.75) is 13.5 Å². The van der Waals surface area contributed by atoms with Crippen LogP contribution in [0.3, 0.4) is 0 Å². The minimum absolute atomic E-state index is 0.167. The molecule has 2 aromatic rings. The molecule has 0 saturated heterocycles. The van der Waals surface area contributed by atoms with Gasteiger partial charge in [-0.3, -0.25) is 10.1 Å². The average Bonchev–Trinajstić information content (AvgIpc) is 2.46. The molecule has 5 nitrogen and oxygen atoms in total. The number of hydrogen-bond donors (Lipinski definition) is 1. The van der Waals surface area contributed by atoms with Crippen molar-refractivity contribution in [2.24, 2.45) is 0 Å². The zero-order chi connectivity index (χ0) is 15.4. The SMILES string of the molecule is COc1ccc(NCc2cccc([N+](=O)[O-])c2F)c(C)c1. The molecule has 1 N–H and O–H groups in total. The molecular weight excluding hydrogens is 275 g/mol. The number of nitro benzene ring substituents is 1. The zero-order valence-electron chi connectivity index (χ0n) is 11.7. The van der Waals surface area contributed by atoms with Gasteiger partial charge in [0, 0.05) is 23.9 Å². The third-order valence-electron chi connectivity index (χ3n) is 3.16. The van der Waals surface area contributed by atoms with Crippen molar-refractivity contribution in [3.63, 3.8) is 0 Å². The molecule has 0 aliphatic heterocycles. The summed E-state index contributed by atoms with van der Waals surface area (Å²) in [5.41, 5.74) is 1.50. The molecule has 0 spiro atoms. The summed E-state index contributed by atoms with van der Waals surface area (Å²) in [7, 11) is 1.58. The Morgan fingerprint density at radius 3 is 2.71 bits per heavy atom. The highest BCUT2D eigenvalue weighted by molar-refractivity contribution is 5.54. The summed E-state index contributed by atoms with van der Waals surface area (Å²) >= 11 is 0. The van der Waals surface area contributed by atoms with E-state index in [2.05, 4.69) is 5.32 Å². The molecule has 6 heteroatoms. The van der Waals surface area contributed by atoms with E-state index in [-0.39, 0.29) is 12.1 Å². The molecule has 0 fully saturated rings. The van der Waals surface area contributed by atoms with Gasteiger partial charge in [0.05, 0.1) is 12.0 Å². The van der Waals surface area contributed by atoms with E-state index >= 15 is 0 Å². The van der Waals surface area contributed by atoms with Crippen molar-refractivity contribution in [3.05, 3.63) is 63.5 Å². The molecular formula is C15H15FN2O3. The Morgan fingerprint density at radius 1 is 1.33 bits per heavy atom. The molecule has 0 aliphatic carbocycles. The number of methoxy groups -OCH3 is 1. The molecule has 0 heterocycles. The summed E-state index contributed by atoms with van der Waals surface area (Å²) in [6.07, 6.45) is 0. The molecule has 0 unspecified atom stereocenters. The Bertz CT molecular complexity index is 674. The zero-order valence-corrected chi connectivity index (χ0v) is 11.7. The van der Waals surface area contributed by atoms with Gasteiger partial charge in [-0.25, -0.2) is 0 Å². The van der Waals surface area contributed by atoms with E-state index in [4.69, 9.17) is 4.74 Å². The summed E-state index contributed by atoms with van der Waals surface area (Å²) in [4.78, 5) is 9.98. The lowest BCUT2D eigenvalue weighted by molar-refractivity contribution is -0.387. The number of anilines is 1. The van der Waals surface area contributed by atoms with Crippen molar-refractivity contribution < 1.29 is 14.1 Å². The van der Waals surface area contributed by atoms with Crippen LogP contribution in [0.4, 0.5) is 15.8 Å². The lowest BCUT2D eigenvalue weighted by Gasteiger charge is -2.11. The lowest BCUT2D eigenvalue weighted by atomic mass is 10.1. The first-order valence-electron chi connectivity index (χ1n) is 6.33. The van der Waals surface area contributed by atoms with E-state index in [1.807, 2.05) is 19.1 Å². The van der Waals surface area contributed by atoms with E-state index in [1.165, 1.54) is 12.1 Å². The van der Waals surface area contributed by atoms with Crippen LogP contribution in [0.25, 0.3) is 0 Å². The molecule has 0 aliphatic rings. The molecule has 0 atom stereocenters. The fourth-order valence-electron chi connectivity index (χ4n) is 2.00. The number of hydrogen-bond acceptors (Lipinski definition) is 4. The van der Waals surface area contributed by atoms with Gasteiger partial charge in [0.2, 0.25) is 5.82 Å². The van der Waals surface area contributed by atoms with Crippen LogP contribution in [-0.4, -0.2) is 12.0 Å². The van der Waals surface area contributed by atoms with E-state index in [9.17, 15) is 14.5 Å². The maximum absolute atomic E-state index is 13.9. The van der Waals surface area contributed by atoms with E-state index < -0.39 is 16.4 Å². The third-order valence-corrected chi connectivity index (χ3v) is 3.16. The van der Waals surface area contributed by atoms with Gasteiger partial charge in [0.15, 0.2) is 0 Å². The standard InChI is InChI=1S/C15H15FN2O3/c1-10-8-12(21-2)6-7-13(10)17-9-11-4-3-5-14(15(11)16)18(19)20/h3-8,17H,9H2,1-2H3. The highest BCUT2D eigenvalue weighted by Gasteiger charge is 2.16. The van der Waals surface area contributed by atoms with Crippen LogP contribution >= 0.6 is 0 Å². The van der Waals surface area contributed by atoms with Gasteiger partial charge in [0.25, 0.3) is 0 Å². The number of nitrogens with zero attached hydrogens (tertiary/aromatic N) is 1. The Morgan fingerprint density at radius 2 is 2.10 bits per heavy atom. The van der Waals surface area contributed by atoms with Crippen LogP contribution in [0.5, 0.6) is 5.75 Å². The maximum Gasteiger partial charge on any atom is 0.305 e. The van der Waals surface area contributed by atoms with Gasteiger partial charge in [-0.05, 0) is 30.7 Å². The van der Waals surface area contributed by atoms with Crippen molar-refractivity contribution in [1.29, 1.82) is 0 Å². The number of halogens is 1. The van der Waals surface area contributed by atoms with Crippen molar-refractivity contribution in [3.8, 4) is 5.75 Å². The molecule has 0 amide bonds. The first-order chi connectivity index (χ1) is 10.0. The van der Waals surface area contributed by atoms with E-state index in [0.29, 0.717) is 0 Å². The Balaban J connectivity index is 2.17. The summed E-state index contributed by atoms with van der Waals surface area (Å²) in [6.45, 7) is 2.06. The minimum Gasteiger partial charge on any atom is -0.497 e. The van der Waals surface area contributed by atoms with Gasteiger partial charge in [0.1, 0.15) is 5.75 Å². The Kier molecular flexibility index (Phi) is 4.37. The quantitative estimate of drug-likeness (QED) is 0.674.